The SMILES string of the molecule is O=C(Cc1csc(N2CCNC2=O)n1)NCC(c1ccc(C(F)(F)F)cc1)N1CCOCC1. The molecule has 2 aromatic rings. The van der Waals surface area contributed by atoms with Crippen LogP contribution in [0, 0.1) is 0 Å². The van der Waals surface area contributed by atoms with Crippen molar-refractivity contribution >= 4 is 28.4 Å². The quantitative estimate of drug-likeness (QED) is 0.632. The van der Waals surface area contributed by atoms with E-state index in [9.17, 15) is 22.8 Å². The zero-order valence-corrected chi connectivity index (χ0v) is 18.5. The van der Waals surface area contributed by atoms with Gasteiger partial charge in [-0.2, -0.15) is 13.2 Å². The third-order valence-corrected chi connectivity index (χ3v) is 6.48. The molecule has 2 N–H and O–H groups in total. The van der Waals surface area contributed by atoms with Crippen LogP contribution in [0.25, 0.3) is 0 Å². The summed E-state index contributed by atoms with van der Waals surface area (Å²) >= 11 is 1.30. The molecule has 0 radical (unpaired) electrons. The highest BCUT2D eigenvalue weighted by Gasteiger charge is 2.31. The van der Waals surface area contributed by atoms with Gasteiger partial charge in [0.1, 0.15) is 0 Å². The highest BCUT2D eigenvalue weighted by Crippen LogP contribution is 2.31. The fraction of sp³-hybridized carbons (Fsp3) is 0.476. The molecule has 178 valence electrons. The van der Waals surface area contributed by atoms with Crippen molar-refractivity contribution in [3.8, 4) is 0 Å². The van der Waals surface area contributed by atoms with Crippen molar-refractivity contribution in [1.82, 2.24) is 20.5 Å². The number of nitrogens with zero attached hydrogens (tertiary/aromatic N) is 3. The number of carbonyl (C=O) groups excluding carboxylic acids is 2. The Labute approximate surface area is 192 Å². The molecule has 1 aromatic heterocycles. The number of nitrogens with one attached hydrogen (secondary N) is 2. The number of morpholine rings is 1. The minimum absolute atomic E-state index is 0.0504. The van der Waals surface area contributed by atoms with Crippen LogP contribution in [-0.4, -0.2) is 67.8 Å². The number of benzene rings is 1. The number of hydrogen-bond donors (Lipinski definition) is 2. The lowest BCUT2D eigenvalue weighted by molar-refractivity contribution is -0.137. The van der Waals surface area contributed by atoms with Gasteiger partial charge in [0.2, 0.25) is 5.91 Å². The lowest BCUT2D eigenvalue weighted by Gasteiger charge is -2.35. The summed E-state index contributed by atoms with van der Waals surface area (Å²) in [5.41, 5.74) is 0.549. The summed E-state index contributed by atoms with van der Waals surface area (Å²) in [5.74, 6) is -0.247. The summed E-state index contributed by atoms with van der Waals surface area (Å²) < 4.78 is 44.2. The average Bonchev–Trinajstić information content (AvgIpc) is 3.43. The van der Waals surface area contributed by atoms with Gasteiger partial charge in [0.15, 0.2) is 5.13 Å². The summed E-state index contributed by atoms with van der Waals surface area (Å²) in [6, 6.07) is 4.57. The highest BCUT2D eigenvalue weighted by atomic mass is 32.1. The van der Waals surface area contributed by atoms with Crippen LogP contribution in [0.5, 0.6) is 0 Å². The van der Waals surface area contributed by atoms with Gasteiger partial charge in [-0.25, -0.2) is 9.78 Å². The van der Waals surface area contributed by atoms with Crippen LogP contribution in [0.1, 0.15) is 22.9 Å². The molecule has 4 rings (SSSR count). The van der Waals surface area contributed by atoms with Gasteiger partial charge in [-0.05, 0) is 17.7 Å². The maximum absolute atomic E-state index is 12.9. The third kappa shape index (κ3) is 5.81. The Balaban J connectivity index is 1.39. The Kier molecular flexibility index (Phi) is 7.15. The minimum atomic E-state index is -4.40. The lowest BCUT2D eigenvalue weighted by atomic mass is 10.0. The first-order valence-corrected chi connectivity index (χ1v) is 11.4. The molecule has 0 saturated carbocycles. The Morgan fingerprint density at radius 3 is 2.58 bits per heavy atom. The van der Waals surface area contributed by atoms with Crippen LogP contribution in [0.2, 0.25) is 0 Å². The molecule has 2 aliphatic heterocycles. The highest BCUT2D eigenvalue weighted by molar-refractivity contribution is 7.14. The van der Waals surface area contributed by atoms with Crippen molar-refractivity contribution in [3.05, 3.63) is 46.5 Å². The predicted molar refractivity (Wildman–Crippen MR) is 116 cm³/mol. The summed E-state index contributed by atoms with van der Waals surface area (Å²) in [6.07, 6.45) is -4.35. The maximum atomic E-state index is 12.9. The van der Waals surface area contributed by atoms with Gasteiger partial charge in [-0.15, -0.1) is 11.3 Å². The van der Waals surface area contributed by atoms with Gasteiger partial charge in [0.05, 0.1) is 36.9 Å². The summed E-state index contributed by atoms with van der Waals surface area (Å²) in [7, 11) is 0. The van der Waals surface area contributed by atoms with E-state index in [1.165, 1.54) is 28.4 Å². The molecule has 2 aliphatic rings. The lowest BCUT2D eigenvalue weighted by Crippen LogP contribution is -2.44. The number of thiazole rings is 1. The number of anilines is 1. The van der Waals surface area contributed by atoms with Gasteiger partial charge in [-0.1, -0.05) is 12.1 Å². The topological polar surface area (TPSA) is 86.8 Å². The first-order chi connectivity index (χ1) is 15.8. The molecule has 12 heteroatoms. The van der Waals surface area contributed by atoms with E-state index >= 15 is 0 Å². The van der Waals surface area contributed by atoms with E-state index in [-0.39, 0.29) is 30.9 Å². The number of carbonyl (C=O) groups is 2. The molecule has 1 aromatic carbocycles. The normalized spacial score (nSPS) is 18.3. The predicted octanol–water partition coefficient (Wildman–Crippen LogP) is 2.42. The van der Waals surface area contributed by atoms with Crippen molar-refractivity contribution in [2.75, 3.05) is 50.8 Å². The Hall–Kier alpha value is -2.70. The van der Waals surface area contributed by atoms with E-state index in [2.05, 4.69) is 20.5 Å². The molecule has 33 heavy (non-hydrogen) atoms. The first-order valence-electron chi connectivity index (χ1n) is 10.6. The number of urea groups is 1. The average molecular weight is 484 g/mol. The van der Waals surface area contributed by atoms with E-state index in [0.717, 1.165) is 12.1 Å². The minimum Gasteiger partial charge on any atom is -0.379 e. The van der Waals surface area contributed by atoms with Gasteiger partial charge in [0, 0.05) is 38.1 Å². The zero-order valence-electron chi connectivity index (χ0n) is 17.7. The fourth-order valence-corrected chi connectivity index (χ4v) is 4.68. The largest absolute Gasteiger partial charge is 0.416 e. The van der Waals surface area contributed by atoms with Crippen LogP contribution < -0.4 is 15.5 Å². The molecular weight excluding hydrogens is 459 g/mol. The van der Waals surface area contributed by atoms with Crippen molar-refractivity contribution in [2.24, 2.45) is 0 Å². The molecule has 0 spiro atoms. The van der Waals surface area contributed by atoms with Crippen LogP contribution in [0.3, 0.4) is 0 Å². The van der Waals surface area contributed by atoms with Crippen LogP contribution in [0.15, 0.2) is 29.6 Å². The van der Waals surface area contributed by atoms with Crippen molar-refractivity contribution in [1.29, 1.82) is 0 Å². The third-order valence-electron chi connectivity index (χ3n) is 5.57. The molecule has 1 atom stereocenters. The summed E-state index contributed by atoms with van der Waals surface area (Å²) in [5, 5.41) is 7.89. The van der Waals surface area contributed by atoms with Gasteiger partial charge in [0.25, 0.3) is 0 Å². The van der Waals surface area contributed by atoms with E-state index in [4.69, 9.17) is 4.74 Å². The van der Waals surface area contributed by atoms with E-state index in [1.54, 1.807) is 5.38 Å². The molecule has 2 fully saturated rings. The smallest absolute Gasteiger partial charge is 0.379 e. The standard InChI is InChI=1S/C21H24F3N5O3S/c22-21(23,24)15-3-1-14(2-4-15)17(28-7-9-32-10-8-28)12-26-18(30)11-16-13-33-20(27-16)29-6-5-25-19(29)31/h1-4,13,17H,5-12H2,(H,25,31)(H,26,30). The zero-order chi connectivity index (χ0) is 23.4. The van der Waals surface area contributed by atoms with Gasteiger partial charge >= 0.3 is 12.2 Å². The molecule has 3 heterocycles. The molecule has 0 bridgehead atoms. The van der Waals surface area contributed by atoms with Crippen LogP contribution >= 0.6 is 11.3 Å². The Bertz CT molecular complexity index is 976. The van der Waals surface area contributed by atoms with E-state index < -0.39 is 11.7 Å². The second-order valence-electron chi connectivity index (χ2n) is 7.77. The van der Waals surface area contributed by atoms with Gasteiger partial charge in [-0.3, -0.25) is 14.6 Å². The molecule has 1 unspecified atom stereocenters. The fourth-order valence-electron chi connectivity index (χ4n) is 3.83. The monoisotopic (exact) mass is 483 g/mol. The molecule has 8 nitrogen and oxygen atoms in total. The number of ether oxygens (including phenoxy) is 1. The molecule has 2 saturated heterocycles. The van der Waals surface area contributed by atoms with Crippen LogP contribution in [-0.2, 0) is 22.1 Å². The van der Waals surface area contributed by atoms with Crippen LogP contribution in [0.4, 0.5) is 23.1 Å². The second-order valence-corrected chi connectivity index (χ2v) is 8.61. The molecule has 3 amide bonds. The Morgan fingerprint density at radius 2 is 1.94 bits per heavy atom. The number of alkyl halides is 3. The van der Waals surface area contributed by atoms with Gasteiger partial charge < -0.3 is 15.4 Å². The van der Waals surface area contributed by atoms with Crippen molar-refractivity contribution in [2.45, 2.75) is 18.6 Å². The number of rotatable bonds is 7. The van der Waals surface area contributed by atoms with E-state index in [0.29, 0.717) is 55.8 Å². The number of hydrogen-bond acceptors (Lipinski definition) is 6. The number of amides is 3. The molecule has 0 aliphatic carbocycles. The second kappa shape index (κ2) is 10.1. The maximum Gasteiger partial charge on any atom is 0.416 e. The number of aromatic nitrogens is 1. The van der Waals surface area contributed by atoms with Crippen molar-refractivity contribution in [3.63, 3.8) is 0 Å². The Morgan fingerprint density at radius 1 is 1.21 bits per heavy atom. The van der Waals surface area contributed by atoms with Crippen molar-refractivity contribution < 1.29 is 27.5 Å². The summed E-state index contributed by atoms with van der Waals surface area (Å²) in [6.45, 7) is 3.63. The number of halogens is 3. The summed E-state index contributed by atoms with van der Waals surface area (Å²) in [4.78, 5) is 32.4. The molecular formula is C21H24F3N5O3S. The first kappa shape index (κ1) is 23.5. The van der Waals surface area contributed by atoms with E-state index in [1.807, 2.05) is 0 Å².